The number of anilines is 6. The minimum absolute atomic E-state index is 0.258. The van der Waals surface area contributed by atoms with Gasteiger partial charge in [-0.25, -0.2) is 14.0 Å². The minimum Gasteiger partial charge on any atom is -0.461 e. The minimum atomic E-state index is -0.446. The van der Waals surface area contributed by atoms with Gasteiger partial charge < -0.3 is 19.3 Å². The summed E-state index contributed by atoms with van der Waals surface area (Å²) >= 11 is 0. The average Bonchev–Trinajstić information content (AvgIpc) is 3.15. The van der Waals surface area contributed by atoms with Crippen molar-refractivity contribution in [2.45, 2.75) is 0 Å². The van der Waals surface area contributed by atoms with Crippen LogP contribution >= 0.6 is 0 Å². The van der Waals surface area contributed by atoms with Crippen molar-refractivity contribution in [3.8, 4) is 0 Å². The second-order valence-electron chi connectivity index (χ2n) is 11.4. The molecule has 0 saturated carbocycles. The predicted molar refractivity (Wildman–Crippen MR) is 203 cm³/mol. The molecule has 266 valence electrons. The summed E-state index contributed by atoms with van der Waals surface area (Å²) in [5.41, 5.74) is 12.1. The van der Waals surface area contributed by atoms with Crippen LogP contribution in [-0.4, -0.2) is 66.4 Å². The summed E-state index contributed by atoms with van der Waals surface area (Å²) in [5, 5.41) is 12.2. The Hall–Kier alpha value is -6.37. The van der Waals surface area contributed by atoms with Crippen molar-refractivity contribution < 1.29 is 23.5 Å². The number of benzene rings is 4. The number of esters is 2. The van der Waals surface area contributed by atoms with E-state index in [2.05, 4.69) is 34.2 Å². The molecule has 0 aromatic heterocycles. The standard InChI is InChI=1S/C38H43FN8O4/c1-7-37(48)50-25-23-44(3)31-14-9-28(10-15-31)40-41-29-11-16-33(17-12-29)47(6)43-36-22-13-30(27-35(36)39)42-46(5)34-20-18-32(19-21-34)45(4)24-26-51-38(49)8-2/h7-22,27,42-43H,1-2,23-26H2,3-6H3. The molecule has 12 nitrogen and oxygen atoms in total. The first-order valence-electron chi connectivity index (χ1n) is 16.1. The molecule has 0 radical (unpaired) electrons. The molecule has 4 aromatic carbocycles. The van der Waals surface area contributed by atoms with Crippen molar-refractivity contribution in [2.75, 3.05) is 85.2 Å². The van der Waals surface area contributed by atoms with Gasteiger partial charge in [-0.2, -0.15) is 10.2 Å². The van der Waals surface area contributed by atoms with Gasteiger partial charge in [0.25, 0.3) is 0 Å². The fourth-order valence-electron chi connectivity index (χ4n) is 4.68. The van der Waals surface area contributed by atoms with Gasteiger partial charge in [0.1, 0.15) is 19.0 Å². The Kier molecular flexibility index (Phi) is 13.5. The van der Waals surface area contributed by atoms with Crippen LogP contribution < -0.4 is 30.7 Å². The maximum Gasteiger partial charge on any atom is 0.330 e. The molecule has 2 N–H and O–H groups in total. The number of hydrazine groups is 2. The van der Waals surface area contributed by atoms with E-state index in [-0.39, 0.29) is 13.2 Å². The van der Waals surface area contributed by atoms with Crippen LogP contribution in [0, 0.1) is 5.82 Å². The number of likely N-dealkylation sites (N-methyl/N-ethyl adjacent to an activating group) is 2. The average molecular weight is 695 g/mol. The van der Waals surface area contributed by atoms with Crippen molar-refractivity contribution >= 4 is 57.4 Å². The largest absolute Gasteiger partial charge is 0.461 e. The van der Waals surface area contributed by atoms with Gasteiger partial charge in [-0.1, -0.05) is 13.2 Å². The number of nitrogens with zero attached hydrogens (tertiary/aromatic N) is 6. The number of hydrogen-bond acceptors (Lipinski definition) is 12. The Morgan fingerprint density at radius 1 is 0.647 bits per heavy atom. The van der Waals surface area contributed by atoms with E-state index in [1.807, 2.05) is 104 Å². The molecular weight excluding hydrogens is 651 g/mol. The summed E-state index contributed by atoms with van der Waals surface area (Å²) in [4.78, 5) is 26.4. The van der Waals surface area contributed by atoms with Gasteiger partial charge in [-0.3, -0.25) is 20.9 Å². The van der Waals surface area contributed by atoms with Gasteiger partial charge in [-0.15, -0.1) is 0 Å². The highest BCUT2D eigenvalue weighted by atomic mass is 19.1. The SMILES string of the molecule is C=CC(=O)OCCN(C)c1ccc(N=Nc2ccc(N(C)Nc3ccc(NN(C)c4ccc(N(C)CCOC(=O)C=C)cc4)cc3F)cc2)cc1. The van der Waals surface area contributed by atoms with E-state index in [9.17, 15) is 9.59 Å². The number of rotatable bonds is 18. The summed E-state index contributed by atoms with van der Waals surface area (Å²) in [6.07, 6.45) is 2.28. The first kappa shape index (κ1) is 37.4. The molecule has 0 aliphatic heterocycles. The molecule has 51 heavy (non-hydrogen) atoms. The molecule has 0 bridgehead atoms. The Balaban J connectivity index is 1.26. The van der Waals surface area contributed by atoms with Crippen LogP contribution in [0.5, 0.6) is 0 Å². The Bertz CT molecular complexity index is 1800. The lowest BCUT2D eigenvalue weighted by Gasteiger charge is -2.25. The number of nitrogens with one attached hydrogen (secondary N) is 2. The fraction of sp³-hybridized carbons (Fsp3) is 0.211. The lowest BCUT2D eigenvalue weighted by Crippen LogP contribution is -2.26. The molecular formula is C38H43FN8O4. The Morgan fingerprint density at radius 3 is 1.51 bits per heavy atom. The molecule has 0 heterocycles. The van der Waals surface area contributed by atoms with Gasteiger partial charge in [0.2, 0.25) is 0 Å². The first-order chi connectivity index (χ1) is 24.6. The number of ether oxygens (including phenoxy) is 2. The molecule has 0 aliphatic rings. The number of azo groups is 1. The quantitative estimate of drug-likeness (QED) is 0.0470. The van der Waals surface area contributed by atoms with Crippen molar-refractivity contribution in [1.29, 1.82) is 0 Å². The highest BCUT2D eigenvalue weighted by Crippen LogP contribution is 2.26. The summed E-state index contributed by atoms with van der Waals surface area (Å²) in [7, 11) is 7.47. The summed E-state index contributed by atoms with van der Waals surface area (Å²) < 4.78 is 25.2. The van der Waals surface area contributed by atoms with Crippen molar-refractivity contribution in [2.24, 2.45) is 10.2 Å². The summed E-state index contributed by atoms with van der Waals surface area (Å²) in [6.45, 7) is 8.38. The fourth-order valence-corrected chi connectivity index (χ4v) is 4.68. The molecule has 4 rings (SSSR count). The lowest BCUT2D eigenvalue weighted by molar-refractivity contribution is -0.138. The molecule has 13 heteroatoms. The van der Waals surface area contributed by atoms with E-state index < -0.39 is 17.8 Å². The maximum absolute atomic E-state index is 15.1. The zero-order chi connectivity index (χ0) is 36.8. The third-order valence-corrected chi connectivity index (χ3v) is 7.72. The smallest absolute Gasteiger partial charge is 0.330 e. The van der Waals surface area contributed by atoms with Crippen LogP contribution in [0.2, 0.25) is 0 Å². The topological polar surface area (TPSA) is 114 Å². The molecule has 0 atom stereocenters. The molecule has 4 aromatic rings. The van der Waals surface area contributed by atoms with Crippen LogP contribution in [-0.2, 0) is 19.1 Å². The first-order valence-corrected chi connectivity index (χ1v) is 16.1. The van der Waals surface area contributed by atoms with Gasteiger partial charge in [0.05, 0.1) is 47.2 Å². The van der Waals surface area contributed by atoms with E-state index in [1.54, 1.807) is 29.2 Å². The highest BCUT2D eigenvalue weighted by Gasteiger charge is 2.10. The van der Waals surface area contributed by atoms with E-state index >= 15 is 4.39 Å². The van der Waals surface area contributed by atoms with Crippen LogP contribution in [0.4, 0.5) is 49.9 Å². The van der Waals surface area contributed by atoms with E-state index in [0.29, 0.717) is 35.8 Å². The van der Waals surface area contributed by atoms with E-state index in [1.165, 1.54) is 6.07 Å². The Morgan fingerprint density at radius 2 is 1.06 bits per heavy atom. The number of halogens is 1. The molecule has 0 saturated heterocycles. The van der Waals surface area contributed by atoms with Gasteiger partial charge >= 0.3 is 11.9 Å². The second kappa shape index (κ2) is 18.4. The molecule has 0 unspecified atom stereocenters. The molecule has 0 fully saturated rings. The van der Waals surface area contributed by atoms with Gasteiger partial charge in [0, 0.05) is 57.8 Å². The van der Waals surface area contributed by atoms with Crippen LogP contribution in [0.1, 0.15) is 0 Å². The number of carbonyl (C=O) groups is 2. The lowest BCUT2D eigenvalue weighted by atomic mass is 10.2. The third-order valence-electron chi connectivity index (χ3n) is 7.72. The number of hydrogen-bond donors (Lipinski definition) is 2. The Labute approximate surface area is 298 Å². The molecule has 0 spiro atoms. The van der Waals surface area contributed by atoms with Crippen molar-refractivity contribution in [3.63, 3.8) is 0 Å². The number of carbonyl (C=O) groups excluding carboxylic acids is 2. The maximum atomic E-state index is 15.1. The summed E-state index contributed by atoms with van der Waals surface area (Å²) in [6, 6.07) is 27.6. The highest BCUT2D eigenvalue weighted by molar-refractivity contribution is 5.81. The third kappa shape index (κ3) is 11.3. The second-order valence-corrected chi connectivity index (χ2v) is 11.4. The zero-order valence-electron chi connectivity index (χ0n) is 29.3. The van der Waals surface area contributed by atoms with Crippen LogP contribution in [0.15, 0.2) is 127 Å². The normalized spacial score (nSPS) is 10.6. The van der Waals surface area contributed by atoms with Gasteiger partial charge in [0.15, 0.2) is 0 Å². The monoisotopic (exact) mass is 694 g/mol. The zero-order valence-corrected chi connectivity index (χ0v) is 29.3. The summed E-state index contributed by atoms with van der Waals surface area (Å²) in [5.74, 6) is -1.31. The molecule has 0 amide bonds. The van der Waals surface area contributed by atoms with Crippen LogP contribution in [0.3, 0.4) is 0 Å². The van der Waals surface area contributed by atoms with E-state index in [4.69, 9.17) is 9.47 Å². The molecule has 0 aliphatic carbocycles. The predicted octanol–water partition coefficient (Wildman–Crippen LogP) is 7.50. The van der Waals surface area contributed by atoms with Crippen molar-refractivity contribution in [1.82, 2.24) is 0 Å². The van der Waals surface area contributed by atoms with Gasteiger partial charge in [-0.05, 0) is 84.9 Å². The van der Waals surface area contributed by atoms with E-state index in [0.717, 1.165) is 34.9 Å². The van der Waals surface area contributed by atoms with Crippen molar-refractivity contribution in [3.05, 3.63) is 122 Å². The van der Waals surface area contributed by atoms with Crippen LogP contribution in [0.25, 0.3) is 0 Å².